The molecule has 1 atom stereocenters. The average molecular weight is 362 g/mol. The van der Waals surface area contributed by atoms with Gasteiger partial charge in [0.2, 0.25) is 15.9 Å². The maximum absolute atomic E-state index is 12.4. The Morgan fingerprint density at radius 2 is 1.72 bits per heavy atom. The lowest BCUT2D eigenvalue weighted by Crippen LogP contribution is -2.41. The molecule has 25 heavy (non-hydrogen) atoms. The molecule has 0 heterocycles. The summed E-state index contributed by atoms with van der Waals surface area (Å²) in [5.41, 5.74) is 2.66. The highest BCUT2D eigenvalue weighted by Gasteiger charge is 2.22. The summed E-state index contributed by atoms with van der Waals surface area (Å²) in [4.78, 5) is 12.4. The lowest BCUT2D eigenvalue weighted by molar-refractivity contribution is -0.117. The second-order valence-corrected chi connectivity index (χ2v) is 7.54. The molecular formula is C18H22N2O4S. The number of benzene rings is 2. The number of carbonyl (C=O) groups is 1. The molecule has 0 aromatic heterocycles. The Kier molecular flexibility index (Phi) is 5.81. The molecule has 0 saturated carbocycles. The second kappa shape index (κ2) is 7.67. The van der Waals surface area contributed by atoms with E-state index in [2.05, 4.69) is 10.0 Å². The van der Waals surface area contributed by atoms with Crippen LogP contribution in [0.3, 0.4) is 0 Å². The summed E-state index contributed by atoms with van der Waals surface area (Å²) in [6, 6.07) is 10.7. The van der Waals surface area contributed by atoms with Crippen molar-refractivity contribution in [3.05, 3.63) is 53.6 Å². The molecule has 7 heteroatoms. The Hall–Kier alpha value is -2.38. The van der Waals surface area contributed by atoms with Crippen LogP contribution >= 0.6 is 0 Å². The van der Waals surface area contributed by atoms with E-state index >= 15 is 0 Å². The van der Waals surface area contributed by atoms with Crippen LogP contribution in [-0.2, 0) is 14.8 Å². The molecule has 0 radical (unpaired) electrons. The van der Waals surface area contributed by atoms with Crippen LogP contribution in [0.2, 0.25) is 0 Å². The Bertz CT molecular complexity index is 861. The lowest BCUT2D eigenvalue weighted by Gasteiger charge is -2.16. The maximum atomic E-state index is 12.4. The quantitative estimate of drug-likeness (QED) is 0.827. The molecular weight excluding hydrogens is 340 g/mol. The number of hydrogen-bond acceptors (Lipinski definition) is 4. The van der Waals surface area contributed by atoms with Gasteiger partial charge in [-0.05, 0) is 56.7 Å². The highest BCUT2D eigenvalue weighted by atomic mass is 32.2. The molecule has 6 nitrogen and oxygen atoms in total. The molecule has 2 aromatic carbocycles. The van der Waals surface area contributed by atoms with Gasteiger partial charge in [0.05, 0.1) is 18.0 Å². The van der Waals surface area contributed by atoms with E-state index in [1.165, 1.54) is 26.2 Å². The van der Waals surface area contributed by atoms with Gasteiger partial charge in [0.25, 0.3) is 0 Å². The molecule has 0 saturated heterocycles. The fourth-order valence-corrected chi connectivity index (χ4v) is 3.51. The molecule has 0 spiro atoms. The Morgan fingerprint density at radius 1 is 1.08 bits per heavy atom. The van der Waals surface area contributed by atoms with Crippen LogP contribution in [0, 0.1) is 13.8 Å². The van der Waals surface area contributed by atoms with E-state index in [9.17, 15) is 13.2 Å². The Morgan fingerprint density at radius 3 is 2.28 bits per heavy atom. The zero-order valence-corrected chi connectivity index (χ0v) is 15.5. The van der Waals surface area contributed by atoms with Crippen LogP contribution in [0.5, 0.6) is 5.75 Å². The minimum absolute atomic E-state index is 0.0690. The van der Waals surface area contributed by atoms with Crippen molar-refractivity contribution in [1.82, 2.24) is 4.72 Å². The molecule has 1 amide bonds. The van der Waals surface area contributed by atoms with Gasteiger partial charge in [-0.25, -0.2) is 8.42 Å². The normalized spacial score (nSPS) is 12.5. The van der Waals surface area contributed by atoms with E-state index in [1.54, 1.807) is 18.2 Å². The predicted octanol–water partition coefficient (Wildman–Crippen LogP) is 2.62. The van der Waals surface area contributed by atoms with Crippen molar-refractivity contribution in [2.75, 3.05) is 12.4 Å². The van der Waals surface area contributed by atoms with Gasteiger partial charge in [-0.1, -0.05) is 17.7 Å². The number of aryl methyl sites for hydroxylation is 2. The molecule has 0 fully saturated rings. The Labute approximate surface area is 148 Å². The van der Waals surface area contributed by atoms with E-state index in [0.29, 0.717) is 11.4 Å². The predicted molar refractivity (Wildman–Crippen MR) is 97.3 cm³/mol. The molecule has 134 valence electrons. The molecule has 0 aliphatic rings. The van der Waals surface area contributed by atoms with Crippen molar-refractivity contribution >= 4 is 21.6 Å². The first kappa shape index (κ1) is 19.0. The molecule has 2 aromatic rings. The van der Waals surface area contributed by atoms with Gasteiger partial charge < -0.3 is 10.1 Å². The van der Waals surface area contributed by atoms with E-state index in [1.807, 2.05) is 26.0 Å². The van der Waals surface area contributed by atoms with Crippen LogP contribution in [-0.4, -0.2) is 27.5 Å². The third kappa shape index (κ3) is 4.80. The van der Waals surface area contributed by atoms with Gasteiger partial charge in [0.15, 0.2) is 0 Å². The van der Waals surface area contributed by atoms with Gasteiger partial charge in [-0.15, -0.1) is 0 Å². The molecule has 0 aliphatic carbocycles. The number of rotatable bonds is 6. The monoisotopic (exact) mass is 362 g/mol. The van der Waals surface area contributed by atoms with Crippen LogP contribution in [0.4, 0.5) is 5.69 Å². The van der Waals surface area contributed by atoms with Gasteiger partial charge >= 0.3 is 0 Å². The second-order valence-electron chi connectivity index (χ2n) is 5.83. The number of carbonyl (C=O) groups excluding carboxylic acids is 1. The van der Waals surface area contributed by atoms with Crippen LogP contribution in [0.1, 0.15) is 18.1 Å². The van der Waals surface area contributed by atoms with Crippen LogP contribution in [0.15, 0.2) is 47.4 Å². The highest BCUT2D eigenvalue weighted by Crippen LogP contribution is 2.18. The van der Waals surface area contributed by atoms with Crippen molar-refractivity contribution < 1.29 is 17.9 Å². The zero-order valence-electron chi connectivity index (χ0n) is 14.7. The maximum Gasteiger partial charge on any atom is 0.242 e. The number of anilines is 1. The first-order valence-corrected chi connectivity index (χ1v) is 9.26. The van der Waals surface area contributed by atoms with Gasteiger partial charge in [0.1, 0.15) is 5.75 Å². The van der Waals surface area contributed by atoms with Crippen molar-refractivity contribution in [3.8, 4) is 5.75 Å². The molecule has 2 rings (SSSR count). The molecule has 0 bridgehead atoms. The first-order chi connectivity index (χ1) is 11.7. The third-order valence-corrected chi connectivity index (χ3v) is 5.29. The molecule has 1 unspecified atom stereocenters. The topological polar surface area (TPSA) is 84.5 Å². The summed E-state index contributed by atoms with van der Waals surface area (Å²) in [7, 11) is -2.30. The molecule has 2 N–H and O–H groups in total. The van der Waals surface area contributed by atoms with Crippen molar-refractivity contribution in [3.63, 3.8) is 0 Å². The summed E-state index contributed by atoms with van der Waals surface area (Å²) < 4.78 is 32.1. The largest absolute Gasteiger partial charge is 0.497 e. The van der Waals surface area contributed by atoms with E-state index in [0.717, 1.165) is 11.1 Å². The number of amides is 1. The standard InChI is InChI=1S/C18H22N2O4S/c1-12-5-10-17(13(2)11-12)19-18(21)14(3)20-25(22,23)16-8-6-15(24-4)7-9-16/h5-11,14,20H,1-4H3,(H,19,21). The third-order valence-electron chi connectivity index (χ3n) is 3.73. The lowest BCUT2D eigenvalue weighted by atomic mass is 10.1. The average Bonchev–Trinajstić information content (AvgIpc) is 2.57. The number of nitrogens with one attached hydrogen (secondary N) is 2. The summed E-state index contributed by atoms with van der Waals surface area (Å²) in [6.07, 6.45) is 0. The van der Waals surface area contributed by atoms with Gasteiger partial charge in [-0.2, -0.15) is 4.72 Å². The van der Waals surface area contributed by atoms with Crippen LogP contribution in [0.25, 0.3) is 0 Å². The minimum atomic E-state index is -3.81. The summed E-state index contributed by atoms with van der Waals surface area (Å²) in [6.45, 7) is 5.35. The van der Waals surface area contributed by atoms with Crippen molar-refractivity contribution in [2.24, 2.45) is 0 Å². The number of ether oxygens (including phenoxy) is 1. The summed E-state index contributed by atoms with van der Waals surface area (Å²) >= 11 is 0. The van der Waals surface area contributed by atoms with Crippen molar-refractivity contribution in [2.45, 2.75) is 31.7 Å². The minimum Gasteiger partial charge on any atom is -0.497 e. The van der Waals surface area contributed by atoms with Gasteiger partial charge in [-0.3, -0.25) is 4.79 Å². The number of hydrogen-bond donors (Lipinski definition) is 2. The molecule has 0 aliphatic heterocycles. The van der Waals surface area contributed by atoms with E-state index in [4.69, 9.17) is 4.74 Å². The van der Waals surface area contributed by atoms with Crippen LogP contribution < -0.4 is 14.8 Å². The van der Waals surface area contributed by atoms with Gasteiger partial charge in [0, 0.05) is 5.69 Å². The Balaban J connectivity index is 2.08. The number of sulfonamides is 1. The SMILES string of the molecule is COc1ccc(S(=O)(=O)NC(C)C(=O)Nc2ccc(C)cc2C)cc1. The summed E-state index contributed by atoms with van der Waals surface area (Å²) in [5, 5.41) is 2.74. The first-order valence-electron chi connectivity index (χ1n) is 7.77. The summed E-state index contributed by atoms with van der Waals surface area (Å²) in [5.74, 6) is 0.128. The highest BCUT2D eigenvalue weighted by molar-refractivity contribution is 7.89. The van der Waals surface area contributed by atoms with Crippen molar-refractivity contribution in [1.29, 1.82) is 0 Å². The fourth-order valence-electron chi connectivity index (χ4n) is 2.30. The zero-order chi connectivity index (χ0) is 18.6. The number of methoxy groups -OCH3 is 1. The van der Waals surface area contributed by atoms with E-state index in [-0.39, 0.29) is 4.90 Å². The fraction of sp³-hybridized carbons (Fsp3) is 0.278. The van der Waals surface area contributed by atoms with E-state index < -0.39 is 22.0 Å². The smallest absolute Gasteiger partial charge is 0.242 e.